The van der Waals surface area contributed by atoms with E-state index in [0.717, 1.165) is 0 Å². The van der Waals surface area contributed by atoms with Crippen molar-refractivity contribution in [3.8, 4) is 5.75 Å². The number of carbonyl (C=O) groups excluding carboxylic acids is 2. The third kappa shape index (κ3) is 3.99. The van der Waals surface area contributed by atoms with E-state index in [4.69, 9.17) is 20.8 Å². The predicted octanol–water partition coefficient (Wildman–Crippen LogP) is 5.01. The Kier molecular flexibility index (Phi) is 5.29. The summed E-state index contributed by atoms with van der Waals surface area (Å²) in [6.07, 6.45) is 0. The van der Waals surface area contributed by atoms with Gasteiger partial charge in [-0.15, -0.1) is 0 Å². The molecule has 0 bridgehead atoms. The number of halogens is 3. The average molecular weight is 480 g/mol. The number of furan rings is 1. The molecule has 1 aromatic heterocycles. The number of hydrogen-bond acceptors (Lipinski definition) is 4. The summed E-state index contributed by atoms with van der Waals surface area (Å²) in [5, 5.41) is 2.92. The van der Waals surface area contributed by atoms with Gasteiger partial charge in [0.05, 0.1) is 12.2 Å². The van der Waals surface area contributed by atoms with E-state index in [1.165, 1.54) is 23.1 Å². The molecule has 1 N–H and O–H groups in total. The van der Waals surface area contributed by atoms with Crippen molar-refractivity contribution in [2.24, 2.45) is 0 Å². The highest BCUT2D eigenvalue weighted by molar-refractivity contribution is 9.10. The van der Waals surface area contributed by atoms with Crippen LogP contribution >= 0.6 is 27.5 Å². The van der Waals surface area contributed by atoms with Crippen molar-refractivity contribution in [2.45, 2.75) is 6.54 Å². The third-order valence-corrected chi connectivity index (χ3v) is 5.12. The lowest BCUT2D eigenvalue weighted by molar-refractivity contribution is -0.121. The molecule has 148 valence electrons. The number of anilines is 2. The van der Waals surface area contributed by atoms with Crippen molar-refractivity contribution >= 4 is 50.7 Å². The number of benzene rings is 2. The molecule has 0 atom stereocenters. The molecular formula is C20H13BrClFN2O4. The molecule has 0 unspecified atom stereocenters. The van der Waals surface area contributed by atoms with E-state index < -0.39 is 11.7 Å². The topological polar surface area (TPSA) is 71.8 Å². The fourth-order valence-corrected chi connectivity index (χ4v) is 3.45. The molecule has 0 aliphatic carbocycles. The molecule has 1 aliphatic heterocycles. The smallest absolute Gasteiger partial charge is 0.291 e. The van der Waals surface area contributed by atoms with Crippen LogP contribution in [0.2, 0.25) is 5.02 Å². The average Bonchev–Trinajstić information content (AvgIpc) is 3.13. The van der Waals surface area contributed by atoms with Crippen LogP contribution in [0, 0.1) is 5.82 Å². The molecule has 29 heavy (non-hydrogen) atoms. The van der Waals surface area contributed by atoms with E-state index in [2.05, 4.69) is 21.2 Å². The molecule has 2 heterocycles. The van der Waals surface area contributed by atoms with Crippen LogP contribution in [0.25, 0.3) is 0 Å². The van der Waals surface area contributed by atoms with Gasteiger partial charge in [0.1, 0.15) is 11.6 Å². The fraction of sp³-hybridized carbons (Fsp3) is 0.100. The summed E-state index contributed by atoms with van der Waals surface area (Å²) in [5.74, 6) is -0.753. The molecular weight excluding hydrogens is 467 g/mol. The largest absolute Gasteiger partial charge is 0.482 e. The highest BCUT2D eigenvalue weighted by atomic mass is 79.9. The maximum Gasteiger partial charge on any atom is 0.291 e. The van der Waals surface area contributed by atoms with Crippen LogP contribution in [-0.2, 0) is 11.3 Å². The lowest BCUT2D eigenvalue weighted by Gasteiger charge is -2.30. The summed E-state index contributed by atoms with van der Waals surface area (Å²) in [6.45, 7) is -0.242. The third-order valence-electron chi connectivity index (χ3n) is 4.33. The zero-order chi connectivity index (χ0) is 20.5. The first-order chi connectivity index (χ1) is 13.9. The number of rotatable bonds is 4. The SMILES string of the molecule is O=C(Nc1ccc2c(c1)N(Cc1c(F)cccc1Cl)C(=O)CO2)c1ccc(Br)o1. The van der Waals surface area contributed by atoms with Crippen LogP contribution in [0.1, 0.15) is 16.1 Å². The van der Waals surface area contributed by atoms with Gasteiger partial charge in [-0.05, 0) is 58.4 Å². The second-order valence-electron chi connectivity index (χ2n) is 6.21. The number of ether oxygens (including phenoxy) is 1. The maximum absolute atomic E-state index is 14.2. The number of amides is 2. The highest BCUT2D eigenvalue weighted by Crippen LogP contribution is 2.36. The normalized spacial score (nSPS) is 13.1. The van der Waals surface area contributed by atoms with Crippen LogP contribution in [0.3, 0.4) is 0 Å². The molecule has 0 saturated carbocycles. The van der Waals surface area contributed by atoms with Crippen molar-refractivity contribution in [1.29, 1.82) is 0 Å². The fourth-order valence-electron chi connectivity index (χ4n) is 2.92. The van der Waals surface area contributed by atoms with Crippen molar-refractivity contribution in [2.75, 3.05) is 16.8 Å². The van der Waals surface area contributed by atoms with Crippen molar-refractivity contribution in [3.63, 3.8) is 0 Å². The molecule has 3 aromatic rings. The number of carbonyl (C=O) groups is 2. The Bertz CT molecular complexity index is 1100. The molecule has 0 fully saturated rings. The summed E-state index contributed by atoms with van der Waals surface area (Å²) in [4.78, 5) is 26.2. The zero-order valence-corrected chi connectivity index (χ0v) is 17.1. The molecule has 6 nitrogen and oxygen atoms in total. The minimum absolute atomic E-state index is 0.0662. The molecule has 0 saturated heterocycles. The Balaban J connectivity index is 1.64. The van der Waals surface area contributed by atoms with Gasteiger partial charge in [0, 0.05) is 16.3 Å². The molecule has 2 amide bonds. The number of fused-ring (bicyclic) bond motifs is 1. The van der Waals surface area contributed by atoms with Gasteiger partial charge in [-0.25, -0.2) is 4.39 Å². The summed E-state index contributed by atoms with van der Waals surface area (Å²) >= 11 is 9.26. The molecule has 4 rings (SSSR count). The Morgan fingerprint density at radius 2 is 2.07 bits per heavy atom. The van der Waals surface area contributed by atoms with Crippen molar-refractivity contribution in [3.05, 3.63) is 75.4 Å². The van der Waals surface area contributed by atoms with Gasteiger partial charge < -0.3 is 19.4 Å². The van der Waals surface area contributed by atoms with Crippen LogP contribution in [0.4, 0.5) is 15.8 Å². The molecule has 9 heteroatoms. The Morgan fingerprint density at radius 1 is 1.24 bits per heavy atom. The Hall–Kier alpha value is -2.84. The van der Waals surface area contributed by atoms with Crippen molar-refractivity contribution < 1.29 is 23.1 Å². The minimum Gasteiger partial charge on any atom is -0.482 e. The molecule has 0 spiro atoms. The first kappa shape index (κ1) is 19.5. The maximum atomic E-state index is 14.2. The van der Waals surface area contributed by atoms with Gasteiger partial charge in [0.25, 0.3) is 11.8 Å². The van der Waals surface area contributed by atoms with Gasteiger partial charge in [0.15, 0.2) is 17.0 Å². The van der Waals surface area contributed by atoms with Crippen LogP contribution in [0.15, 0.2) is 57.6 Å². The van der Waals surface area contributed by atoms with E-state index in [9.17, 15) is 14.0 Å². The quantitative estimate of drug-likeness (QED) is 0.571. The lowest BCUT2D eigenvalue weighted by Crippen LogP contribution is -2.38. The van der Waals surface area contributed by atoms with Crippen molar-refractivity contribution in [1.82, 2.24) is 0 Å². The first-order valence-electron chi connectivity index (χ1n) is 8.49. The summed E-state index contributed by atoms with van der Waals surface area (Å²) in [7, 11) is 0. The first-order valence-corrected chi connectivity index (χ1v) is 9.66. The number of nitrogens with one attached hydrogen (secondary N) is 1. The second kappa shape index (κ2) is 7.88. The summed E-state index contributed by atoms with van der Waals surface area (Å²) < 4.78 is 25.3. The van der Waals surface area contributed by atoms with Crippen LogP contribution in [0.5, 0.6) is 5.75 Å². The molecule has 2 aromatic carbocycles. The Labute approximate surface area is 178 Å². The van der Waals surface area contributed by atoms with E-state index in [1.807, 2.05) is 0 Å². The highest BCUT2D eigenvalue weighted by Gasteiger charge is 2.28. The van der Waals surface area contributed by atoms with Crippen LogP contribution < -0.4 is 15.0 Å². The van der Waals surface area contributed by atoms with Gasteiger partial charge in [-0.2, -0.15) is 0 Å². The zero-order valence-electron chi connectivity index (χ0n) is 14.7. The predicted molar refractivity (Wildman–Crippen MR) is 109 cm³/mol. The molecule has 0 radical (unpaired) electrons. The van der Waals surface area contributed by atoms with E-state index in [0.29, 0.717) is 21.8 Å². The monoisotopic (exact) mass is 478 g/mol. The van der Waals surface area contributed by atoms with E-state index in [-0.39, 0.29) is 35.4 Å². The van der Waals surface area contributed by atoms with Gasteiger partial charge in [0.2, 0.25) is 0 Å². The standard InChI is InChI=1S/C20H13BrClFN2O4/c21-18-7-6-17(29-18)20(27)24-11-4-5-16-15(8-11)25(19(26)10-28-16)9-12-13(22)2-1-3-14(12)23/h1-8H,9-10H2,(H,24,27). The summed E-state index contributed by atoms with van der Waals surface area (Å²) in [6, 6.07) is 12.3. The molecule has 1 aliphatic rings. The van der Waals surface area contributed by atoms with Gasteiger partial charge in [-0.3, -0.25) is 9.59 Å². The lowest BCUT2D eigenvalue weighted by atomic mass is 10.1. The minimum atomic E-state index is -0.508. The number of nitrogens with zero attached hydrogens (tertiary/aromatic N) is 1. The Morgan fingerprint density at radius 3 is 2.79 bits per heavy atom. The van der Waals surface area contributed by atoms with Gasteiger partial charge in [-0.1, -0.05) is 17.7 Å². The number of hydrogen-bond donors (Lipinski definition) is 1. The van der Waals surface area contributed by atoms with E-state index >= 15 is 0 Å². The van der Waals surface area contributed by atoms with Gasteiger partial charge >= 0.3 is 0 Å². The second-order valence-corrected chi connectivity index (χ2v) is 7.40. The summed E-state index contributed by atoms with van der Waals surface area (Å²) in [5.41, 5.74) is 1.02. The van der Waals surface area contributed by atoms with Crippen LogP contribution in [-0.4, -0.2) is 18.4 Å². The van der Waals surface area contributed by atoms with E-state index in [1.54, 1.807) is 30.3 Å².